The summed E-state index contributed by atoms with van der Waals surface area (Å²) in [4.78, 5) is 15.7. The Kier molecular flexibility index (Phi) is 3.96. The fourth-order valence-corrected chi connectivity index (χ4v) is 2.35. The molecular weight excluding hydrogens is 266 g/mol. The van der Waals surface area contributed by atoms with Gasteiger partial charge in [-0.2, -0.15) is 0 Å². The molecule has 2 rings (SSSR count). The van der Waals surface area contributed by atoms with Gasteiger partial charge in [0.2, 0.25) is 0 Å². The van der Waals surface area contributed by atoms with E-state index >= 15 is 0 Å². The number of thiazole rings is 1. The number of ether oxygens (including phenoxy) is 1. The molecule has 0 aliphatic heterocycles. The van der Waals surface area contributed by atoms with Gasteiger partial charge in [-0.05, 0) is 13.0 Å². The van der Waals surface area contributed by atoms with E-state index in [1.807, 2.05) is 6.92 Å². The molecule has 19 heavy (non-hydrogen) atoms. The number of aryl methyl sites for hydroxylation is 1. The average molecular weight is 279 g/mol. The van der Waals surface area contributed by atoms with Crippen LogP contribution in [0.3, 0.4) is 0 Å². The second-order valence-electron chi connectivity index (χ2n) is 3.84. The third-order valence-electron chi connectivity index (χ3n) is 2.52. The van der Waals surface area contributed by atoms with Gasteiger partial charge < -0.3 is 10.1 Å². The van der Waals surface area contributed by atoms with E-state index in [0.717, 1.165) is 9.88 Å². The smallest absolute Gasteiger partial charge is 0.292 e. The lowest BCUT2D eigenvalue weighted by atomic mass is 10.2. The number of anilines is 1. The molecule has 7 heteroatoms. The van der Waals surface area contributed by atoms with Gasteiger partial charge in [-0.3, -0.25) is 10.1 Å². The van der Waals surface area contributed by atoms with E-state index in [9.17, 15) is 10.1 Å². The Morgan fingerprint density at radius 1 is 1.53 bits per heavy atom. The number of nitrogens with one attached hydrogen (secondary N) is 1. The van der Waals surface area contributed by atoms with Crippen molar-refractivity contribution in [3.8, 4) is 5.75 Å². The summed E-state index contributed by atoms with van der Waals surface area (Å²) in [6.07, 6.45) is 1.76. The predicted molar refractivity (Wildman–Crippen MR) is 73.8 cm³/mol. The second kappa shape index (κ2) is 5.66. The average Bonchev–Trinajstić information content (AvgIpc) is 2.81. The van der Waals surface area contributed by atoms with Crippen molar-refractivity contribution in [2.45, 2.75) is 13.5 Å². The minimum Gasteiger partial charge on any atom is -0.497 e. The van der Waals surface area contributed by atoms with Gasteiger partial charge in [-0.15, -0.1) is 11.3 Å². The molecule has 0 fully saturated rings. The van der Waals surface area contributed by atoms with Crippen LogP contribution in [0.15, 0.2) is 24.4 Å². The maximum Gasteiger partial charge on any atom is 0.292 e. The highest BCUT2D eigenvalue weighted by Crippen LogP contribution is 2.29. The first-order valence-corrected chi connectivity index (χ1v) is 6.39. The molecule has 0 aliphatic carbocycles. The van der Waals surface area contributed by atoms with E-state index in [1.165, 1.54) is 13.2 Å². The molecule has 1 heterocycles. The minimum absolute atomic E-state index is 0.0297. The van der Waals surface area contributed by atoms with Crippen molar-refractivity contribution in [1.82, 2.24) is 4.98 Å². The van der Waals surface area contributed by atoms with Crippen LogP contribution in [-0.4, -0.2) is 17.0 Å². The van der Waals surface area contributed by atoms with Gasteiger partial charge in [0.15, 0.2) is 0 Å². The monoisotopic (exact) mass is 279 g/mol. The molecular formula is C12H13N3O3S. The predicted octanol–water partition coefficient (Wildman–Crippen LogP) is 2.98. The molecule has 1 N–H and O–H groups in total. The number of nitro groups is 1. The molecule has 0 spiro atoms. The van der Waals surface area contributed by atoms with Crippen molar-refractivity contribution in [2.24, 2.45) is 0 Å². The quantitative estimate of drug-likeness (QED) is 0.672. The van der Waals surface area contributed by atoms with Crippen molar-refractivity contribution in [3.63, 3.8) is 0 Å². The van der Waals surface area contributed by atoms with Crippen LogP contribution in [-0.2, 0) is 6.54 Å². The first-order chi connectivity index (χ1) is 9.10. The Hall–Kier alpha value is -2.15. The topological polar surface area (TPSA) is 77.3 Å². The Morgan fingerprint density at radius 3 is 2.89 bits per heavy atom. The lowest BCUT2D eigenvalue weighted by molar-refractivity contribution is -0.384. The fraction of sp³-hybridized carbons (Fsp3) is 0.250. The van der Waals surface area contributed by atoms with Crippen molar-refractivity contribution in [1.29, 1.82) is 0 Å². The molecule has 0 unspecified atom stereocenters. The van der Waals surface area contributed by atoms with E-state index in [-0.39, 0.29) is 5.69 Å². The van der Waals surface area contributed by atoms with E-state index < -0.39 is 4.92 Å². The summed E-state index contributed by atoms with van der Waals surface area (Å²) < 4.78 is 5.07. The highest BCUT2D eigenvalue weighted by molar-refractivity contribution is 7.11. The van der Waals surface area contributed by atoms with Crippen molar-refractivity contribution in [2.75, 3.05) is 12.4 Å². The summed E-state index contributed by atoms with van der Waals surface area (Å²) in [5.41, 5.74) is 0.470. The molecule has 0 bridgehead atoms. The zero-order chi connectivity index (χ0) is 13.8. The Morgan fingerprint density at radius 2 is 2.32 bits per heavy atom. The molecule has 0 atom stereocenters. The third-order valence-corrected chi connectivity index (χ3v) is 3.44. The molecule has 1 aromatic heterocycles. The van der Waals surface area contributed by atoms with Crippen LogP contribution in [0.4, 0.5) is 11.4 Å². The summed E-state index contributed by atoms with van der Waals surface area (Å²) in [6, 6.07) is 4.62. The number of nitrogens with zero attached hydrogens (tertiary/aromatic N) is 2. The van der Waals surface area contributed by atoms with Crippen molar-refractivity contribution in [3.05, 3.63) is 44.4 Å². The third kappa shape index (κ3) is 3.19. The fourth-order valence-electron chi connectivity index (χ4n) is 1.61. The van der Waals surface area contributed by atoms with E-state index in [2.05, 4.69) is 10.3 Å². The van der Waals surface area contributed by atoms with E-state index in [0.29, 0.717) is 18.0 Å². The number of benzene rings is 1. The van der Waals surface area contributed by atoms with Crippen LogP contribution in [0.25, 0.3) is 0 Å². The SMILES string of the molecule is COc1ccc([N+](=O)[O-])c(NCc2cnc(C)s2)c1. The summed E-state index contributed by atoms with van der Waals surface area (Å²) in [5, 5.41) is 15.0. The summed E-state index contributed by atoms with van der Waals surface area (Å²) in [5.74, 6) is 0.577. The molecule has 0 amide bonds. The van der Waals surface area contributed by atoms with Crippen molar-refractivity contribution >= 4 is 22.7 Å². The van der Waals surface area contributed by atoms with Crippen LogP contribution in [0, 0.1) is 17.0 Å². The summed E-state index contributed by atoms with van der Waals surface area (Å²) in [6.45, 7) is 2.42. The molecule has 1 aromatic carbocycles. The number of methoxy groups -OCH3 is 1. The Labute approximate surface area is 114 Å². The second-order valence-corrected chi connectivity index (χ2v) is 5.16. The van der Waals surface area contributed by atoms with E-state index in [1.54, 1.807) is 29.7 Å². The summed E-state index contributed by atoms with van der Waals surface area (Å²) >= 11 is 1.56. The molecule has 0 saturated carbocycles. The van der Waals surface area contributed by atoms with Crippen LogP contribution in [0.1, 0.15) is 9.88 Å². The highest BCUT2D eigenvalue weighted by atomic mass is 32.1. The lowest BCUT2D eigenvalue weighted by Crippen LogP contribution is -2.02. The first-order valence-electron chi connectivity index (χ1n) is 5.57. The van der Waals surface area contributed by atoms with E-state index in [4.69, 9.17) is 4.74 Å². The first kappa shape index (κ1) is 13.3. The van der Waals surface area contributed by atoms with Crippen molar-refractivity contribution < 1.29 is 9.66 Å². The normalized spacial score (nSPS) is 10.2. The highest BCUT2D eigenvalue weighted by Gasteiger charge is 2.14. The van der Waals surface area contributed by atoms with Crippen LogP contribution < -0.4 is 10.1 Å². The van der Waals surface area contributed by atoms with Crippen LogP contribution >= 0.6 is 11.3 Å². The number of rotatable bonds is 5. The maximum absolute atomic E-state index is 11.0. The minimum atomic E-state index is -0.417. The molecule has 6 nitrogen and oxygen atoms in total. The Bertz CT molecular complexity index is 598. The van der Waals surface area contributed by atoms with Gasteiger partial charge in [-0.1, -0.05) is 0 Å². The van der Waals surface area contributed by atoms with Gasteiger partial charge in [0.1, 0.15) is 11.4 Å². The number of hydrogen-bond acceptors (Lipinski definition) is 6. The largest absolute Gasteiger partial charge is 0.497 e. The number of nitro benzene ring substituents is 1. The lowest BCUT2D eigenvalue weighted by Gasteiger charge is -2.07. The standard InChI is InChI=1S/C12H13N3O3S/c1-8-13-6-10(19-8)7-14-11-5-9(18-2)3-4-12(11)15(16)17/h3-6,14H,7H2,1-2H3. The zero-order valence-corrected chi connectivity index (χ0v) is 11.4. The van der Waals surface area contributed by atoms with Crippen LogP contribution in [0.2, 0.25) is 0 Å². The van der Waals surface area contributed by atoms with Gasteiger partial charge in [-0.25, -0.2) is 4.98 Å². The molecule has 100 valence electrons. The maximum atomic E-state index is 11.0. The van der Waals surface area contributed by atoms with Gasteiger partial charge in [0.25, 0.3) is 5.69 Å². The number of hydrogen-bond donors (Lipinski definition) is 1. The molecule has 0 radical (unpaired) electrons. The summed E-state index contributed by atoms with van der Waals surface area (Å²) in [7, 11) is 1.53. The van der Waals surface area contributed by atoms with Gasteiger partial charge in [0.05, 0.1) is 23.6 Å². The molecule has 0 aliphatic rings. The van der Waals surface area contributed by atoms with Crippen LogP contribution in [0.5, 0.6) is 5.75 Å². The van der Waals surface area contributed by atoms with Gasteiger partial charge in [0, 0.05) is 23.2 Å². The molecule has 2 aromatic rings. The number of aromatic nitrogens is 1. The van der Waals surface area contributed by atoms with Gasteiger partial charge >= 0.3 is 0 Å². The Balaban J connectivity index is 2.19. The molecule has 0 saturated heterocycles. The zero-order valence-electron chi connectivity index (χ0n) is 10.5.